The number of hydrazone groups is 1. The van der Waals surface area contributed by atoms with Crippen molar-refractivity contribution in [3.8, 4) is 0 Å². The molecule has 0 amide bonds. The van der Waals surface area contributed by atoms with Gasteiger partial charge in [0.2, 0.25) is 10.0 Å². The zero-order chi connectivity index (χ0) is 18.6. The van der Waals surface area contributed by atoms with Gasteiger partial charge in [0.1, 0.15) is 0 Å². The molecule has 2 aromatic carbocycles. The van der Waals surface area contributed by atoms with Crippen LogP contribution in [0.2, 0.25) is 5.02 Å². The summed E-state index contributed by atoms with van der Waals surface area (Å²) >= 11 is 6.00. The van der Waals surface area contributed by atoms with Crippen LogP contribution < -0.4 is 15.3 Å². The number of carboxylic acid groups (broad SMARTS) is 1. The molecule has 0 spiro atoms. The van der Waals surface area contributed by atoms with Crippen molar-refractivity contribution in [2.24, 2.45) is 5.10 Å². The van der Waals surface area contributed by atoms with Crippen molar-refractivity contribution >= 4 is 39.0 Å². The van der Waals surface area contributed by atoms with Crippen molar-refractivity contribution in [1.29, 1.82) is 0 Å². The molecule has 2 rings (SSSR count). The molecule has 0 aliphatic rings. The third-order valence-corrected chi connectivity index (χ3v) is 5.16. The maximum Gasteiger partial charge on any atom is 0.240 e. The van der Waals surface area contributed by atoms with Gasteiger partial charge < -0.3 is 9.90 Å². The number of aromatic carboxylic acids is 1. The molecule has 7 nitrogen and oxygen atoms in total. The van der Waals surface area contributed by atoms with E-state index in [-0.39, 0.29) is 10.5 Å². The summed E-state index contributed by atoms with van der Waals surface area (Å²) in [4.78, 5) is 11.0. The lowest BCUT2D eigenvalue weighted by Gasteiger charge is -2.09. The van der Waals surface area contributed by atoms with E-state index >= 15 is 0 Å². The fourth-order valence-electron chi connectivity index (χ4n) is 1.94. The molecule has 2 N–H and O–H groups in total. The first kappa shape index (κ1) is 18.9. The van der Waals surface area contributed by atoms with Gasteiger partial charge in [-0.1, -0.05) is 29.8 Å². The number of hydrogen-bond acceptors (Lipinski definition) is 6. The molecule has 0 saturated heterocycles. The molecule has 0 atom stereocenters. The molecule has 9 heteroatoms. The third kappa shape index (κ3) is 4.56. The van der Waals surface area contributed by atoms with Gasteiger partial charge in [-0.25, -0.2) is 13.1 Å². The summed E-state index contributed by atoms with van der Waals surface area (Å²) in [6.45, 7) is 1.71. The van der Waals surface area contributed by atoms with Gasteiger partial charge in [-0.05, 0) is 49.4 Å². The number of anilines is 1. The van der Waals surface area contributed by atoms with E-state index in [1.165, 1.54) is 37.4 Å². The van der Waals surface area contributed by atoms with Crippen LogP contribution in [0.4, 0.5) is 5.69 Å². The van der Waals surface area contributed by atoms with Crippen LogP contribution >= 0.6 is 11.6 Å². The topological polar surface area (TPSA) is 111 Å². The highest BCUT2D eigenvalue weighted by Crippen LogP contribution is 2.23. The van der Waals surface area contributed by atoms with Gasteiger partial charge in [-0.2, -0.15) is 5.10 Å². The minimum atomic E-state index is -3.50. The molecule has 0 bridgehead atoms. The van der Waals surface area contributed by atoms with Gasteiger partial charge >= 0.3 is 0 Å². The average Bonchev–Trinajstić information content (AvgIpc) is 2.60. The minimum Gasteiger partial charge on any atom is -0.545 e. The molecule has 0 unspecified atom stereocenters. The highest BCUT2D eigenvalue weighted by atomic mass is 35.5. The Labute approximate surface area is 150 Å². The van der Waals surface area contributed by atoms with E-state index in [0.29, 0.717) is 22.0 Å². The first-order valence-electron chi connectivity index (χ1n) is 7.10. The Hall–Kier alpha value is -2.42. The number of benzene rings is 2. The predicted molar refractivity (Wildman–Crippen MR) is 94.3 cm³/mol. The van der Waals surface area contributed by atoms with Crippen LogP contribution in [0.5, 0.6) is 0 Å². The van der Waals surface area contributed by atoms with E-state index in [1.54, 1.807) is 19.1 Å². The number of hydrogen-bond donors (Lipinski definition) is 2. The monoisotopic (exact) mass is 380 g/mol. The second-order valence-corrected chi connectivity index (χ2v) is 7.32. The number of nitrogens with zero attached hydrogens (tertiary/aromatic N) is 1. The molecule has 0 saturated carbocycles. The summed E-state index contributed by atoms with van der Waals surface area (Å²) in [6, 6.07) is 10.2. The molecule has 0 fully saturated rings. The Morgan fingerprint density at radius 1 is 1.12 bits per heavy atom. The van der Waals surface area contributed by atoms with Crippen molar-refractivity contribution in [1.82, 2.24) is 4.72 Å². The molecular formula is C16H15ClN3O4S-. The van der Waals surface area contributed by atoms with Gasteiger partial charge in [0.05, 0.1) is 27.3 Å². The summed E-state index contributed by atoms with van der Waals surface area (Å²) < 4.78 is 25.6. The van der Waals surface area contributed by atoms with Gasteiger partial charge in [-0.3, -0.25) is 5.43 Å². The number of halogens is 1. The van der Waals surface area contributed by atoms with Crippen molar-refractivity contribution < 1.29 is 18.3 Å². The van der Waals surface area contributed by atoms with E-state index in [9.17, 15) is 18.3 Å². The molecular weight excluding hydrogens is 366 g/mol. The molecule has 0 aromatic heterocycles. The van der Waals surface area contributed by atoms with E-state index in [0.717, 1.165) is 0 Å². The normalized spacial score (nSPS) is 12.0. The molecule has 0 radical (unpaired) electrons. The fourth-order valence-corrected chi connectivity index (χ4v) is 2.83. The van der Waals surface area contributed by atoms with Crippen LogP contribution in [0, 0.1) is 0 Å². The van der Waals surface area contributed by atoms with E-state index < -0.39 is 16.0 Å². The number of carbonyl (C=O) groups excluding carboxylic acids is 1. The van der Waals surface area contributed by atoms with Crippen molar-refractivity contribution in [3.05, 3.63) is 58.6 Å². The predicted octanol–water partition coefficient (Wildman–Crippen LogP) is 1.45. The maximum absolute atomic E-state index is 11.7. The maximum atomic E-state index is 11.7. The van der Waals surface area contributed by atoms with E-state index in [4.69, 9.17) is 11.6 Å². The third-order valence-electron chi connectivity index (χ3n) is 3.40. The molecule has 0 aliphatic carbocycles. The van der Waals surface area contributed by atoms with Crippen LogP contribution in [-0.4, -0.2) is 27.1 Å². The Morgan fingerprint density at radius 2 is 1.72 bits per heavy atom. The largest absolute Gasteiger partial charge is 0.545 e. The first-order chi connectivity index (χ1) is 11.7. The number of sulfonamides is 1. The number of carbonyl (C=O) groups is 1. The highest BCUT2D eigenvalue weighted by molar-refractivity contribution is 7.89. The van der Waals surface area contributed by atoms with Crippen molar-refractivity contribution in [2.45, 2.75) is 11.8 Å². The van der Waals surface area contributed by atoms with Crippen LogP contribution in [0.3, 0.4) is 0 Å². The molecule has 0 heterocycles. The van der Waals surface area contributed by atoms with Crippen LogP contribution in [0.1, 0.15) is 22.8 Å². The van der Waals surface area contributed by atoms with Crippen LogP contribution in [0.25, 0.3) is 0 Å². The van der Waals surface area contributed by atoms with Gasteiger partial charge in [0, 0.05) is 0 Å². The lowest BCUT2D eigenvalue weighted by molar-refractivity contribution is -0.255. The quantitative estimate of drug-likeness (QED) is 0.582. The summed E-state index contributed by atoms with van der Waals surface area (Å²) in [7, 11) is -2.16. The van der Waals surface area contributed by atoms with Crippen molar-refractivity contribution in [3.63, 3.8) is 0 Å². The lowest BCUT2D eigenvalue weighted by atomic mass is 10.1. The van der Waals surface area contributed by atoms with Gasteiger partial charge in [-0.15, -0.1) is 0 Å². The molecule has 2 aromatic rings. The molecule has 132 valence electrons. The number of rotatable bonds is 6. The Kier molecular flexibility index (Phi) is 5.78. The van der Waals surface area contributed by atoms with Gasteiger partial charge in [0.25, 0.3) is 0 Å². The standard InChI is InChI=1S/C16H16ClN3O4S/c1-10(11-3-6-13(7-4-11)25(23,24)18-2)19-20-15-9-12(16(21)22)5-8-14(15)17/h3-9,18,20H,1-2H3,(H,21,22)/p-1/b19-10-. The molecule has 25 heavy (non-hydrogen) atoms. The summed E-state index contributed by atoms with van der Waals surface area (Å²) in [5.41, 5.74) is 4.24. The van der Waals surface area contributed by atoms with Crippen LogP contribution in [0.15, 0.2) is 52.5 Å². The number of nitrogens with one attached hydrogen (secondary N) is 2. The second-order valence-electron chi connectivity index (χ2n) is 5.02. The average molecular weight is 381 g/mol. The Morgan fingerprint density at radius 3 is 2.28 bits per heavy atom. The fraction of sp³-hybridized carbons (Fsp3) is 0.125. The zero-order valence-corrected chi connectivity index (χ0v) is 15.0. The second kappa shape index (κ2) is 7.64. The minimum absolute atomic E-state index is 0.0265. The number of carboxylic acids is 1. The SMILES string of the molecule is CNS(=O)(=O)c1ccc(/C(C)=N\Nc2cc(C(=O)[O-])ccc2Cl)cc1. The van der Waals surface area contributed by atoms with E-state index in [2.05, 4.69) is 15.2 Å². The van der Waals surface area contributed by atoms with E-state index in [1.807, 2.05) is 0 Å². The summed E-state index contributed by atoms with van der Waals surface area (Å²) in [5, 5.41) is 15.3. The van der Waals surface area contributed by atoms with Crippen molar-refractivity contribution in [2.75, 3.05) is 12.5 Å². The smallest absolute Gasteiger partial charge is 0.240 e. The zero-order valence-electron chi connectivity index (χ0n) is 13.4. The van der Waals surface area contributed by atoms with Crippen LogP contribution in [-0.2, 0) is 10.0 Å². The van der Waals surface area contributed by atoms with Gasteiger partial charge in [0.15, 0.2) is 0 Å². The Bertz CT molecular complexity index is 925. The highest BCUT2D eigenvalue weighted by Gasteiger charge is 2.11. The summed E-state index contributed by atoms with van der Waals surface area (Å²) in [5.74, 6) is -1.32. The molecule has 0 aliphatic heterocycles. The Balaban J connectivity index is 2.22. The first-order valence-corrected chi connectivity index (χ1v) is 8.96. The lowest BCUT2D eigenvalue weighted by Crippen LogP contribution is -2.22. The summed E-state index contributed by atoms with van der Waals surface area (Å²) in [6.07, 6.45) is 0.